The highest BCUT2D eigenvalue weighted by molar-refractivity contribution is 7.10. The standard InChI is InChI=1S/C24H32N2O3S/c1-6-25(24(28)16(2)3)14-23(27)26-11-9-22-19(10-12-30-22)20(26)15-29-21-8-7-17(4)13-18(21)5/h7-8,10,12-13,16,20H,6,9,11,14-15H2,1-5H3/t20-/m1/s1. The number of hydrogen-bond acceptors (Lipinski definition) is 4. The maximum absolute atomic E-state index is 13.2. The van der Waals surface area contributed by atoms with E-state index in [0.717, 1.165) is 17.7 Å². The molecule has 30 heavy (non-hydrogen) atoms. The van der Waals surface area contributed by atoms with Gasteiger partial charge in [-0.25, -0.2) is 0 Å². The van der Waals surface area contributed by atoms with E-state index in [2.05, 4.69) is 24.4 Å². The summed E-state index contributed by atoms with van der Waals surface area (Å²) in [6.07, 6.45) is 0.850. The molecule has 3 rings (SSSR count). The Kier molecular flexibility index (Phi) is 7.19. The van der Waals surface area contributed by atoms with Gasteiger partial charge in [-0.15, -0.1) is 11.3 Å². The second-order valence-corrected chi connectivity index (χ2v) is 9.24. The summed E-state index contributed by atoms with van der Waals surface area (Å²) in [5, 5.41) is 2.09. The van der Waals surface area contributed by atoms with Crippen LogP contribution in [0.1, 0.15) is 48.4 Å². The molecule has 1 atom stereocenters. The SMILES string of the molecule is CCN(CC(=O)N1CCc2sccc2[C@H]1COc1ccc(C)cc1C)C(=O)C(C)C. The summed E-state index contributed by atoms with van der Waals surface area (Å²) in [5.74, 6) is 0.728. The highest BCUT2D eigenvalue weighted by Crippen LogP contribution is 2.34. The smallest absolute Gasteiger partial charge is 0.242 e. The van der Waals surface area contributed by atoms with Crippen LogP contribution >= 0.6 is 11.3 Å². The molecule has 0 unspecified atom stereocenters. The molecule has 0 aliphatic carbocycles. The van der Waals surface area contributed by atoms with E-state index in [-0.39, 0.29) is 30.3 Å². The van der Waals surface area contributed by atoms with Gasteiger partial charge in [0.2, 0.25) is 11.8 Å². The summed E-state index contributed by atoms with van der Waals surface area (Å²) in [6.45, 7) is 11.5. The minimum atomic E-state index is -0.138. The van der Waals surface area contributed by atoms with Crippen LogP contribution in [0.25, 0.3) is 0 Å². The first kappa shape index (κ1) is 22.3. The molecule has 162 valence electrons. The van der Waals surface area contributed by atoms with Crippen molar-refractivity contribution in [1.29, 1.82) is 0 Å². The zero-order valence-corrected chi connectivity index (χ0v) is 19.4. The summed E-state index contributed by atoms with van der Waals surface area (Å²) < 4.78 is 6.19. The summed E-state index contributed by atoms with van der Waals surface area (Å²) in [5.41, 5.74) is 3.46. The third kappa shape index (κ3) is 4.86. The third-order valence-corrected chi connectivity index (χ3v) is 6.65. The molecule has 0 radical (unpaired) electrons. The van der Waals surface area contributed by atoms with E-state index in [1.165, 1.54) is 16.0 Å². The van der Waals surface area contributed by atoms with Crippen molar-refractivity contribution in [3.8, 4) is 5.75 Å². The maximum atomic E-state index is 13.2. The minimum absolute atomic E-state index is 0.0159. The zero-order chi connectivity index (χ0) is 21.8. The summed E-state index contributed by atoms with van der Waals surface area (Å²) in [7, 11) is 0. The molecule has 1 aliphatic heterocycles. The molecule has 2 heterocycles. The first-order chi connectivity index (χ1) is 14.3. The number of carbonyl (C=O) groups is 2. The number of likely N-dealkylation sites (N-methyl/N-ethyl adjacent to an activating group) is 1. The molecule has 0 N–H and O–H groups in total. The van der Waals surface area contributed by atoms with Crippen molar-refractivity contribution in [3.63, 3.8) is 0 Å². The summed E-state index contributed by atoms with van der Waals surface area (Å²) in [4.78, 5) is 30.5. The van der Waals surface area contributed by atoms with Crippen LogP contribution in [-0.2, 0) is 16.0 Å². The van der Waals surface area contributed by atoms with E-state index in [0.29, 0.717) is 19.7 Å². The van der Waals surface area contributed by atoms with Crippen LogP contribution in [0.3, 0.4) is 0 Å². The van der Waals surface area contributed by atoms with Crippen LogP contribution in [0.5, 0.6) is 5.75 Å². The fourth-order valence-corrected chi connectivity index (χ4v) is 4.90. The summed E-state index contributed by atoms with van der Waals surface area (Å²) in [6, 6.07) is 8.10. The topological polar surface area (TPSA) is 49.9 Å². The van der Waals surface area contributed by atoms with Gasteiger partial charge in [-0.05, 0) is 55.8 Å². The van der Waals surface area contributed by atoms with Gasteiger partial charge in [-0.3, -0.25) is 9.59 Å². The number of fused-ring (bicyclic) bond motifs is 1. The molecule has 1 aliphatic rings. The normalized spacial score (nSPS) is 15.8. The van der Waals surface area contributed by atoms with Crippen LogP contribution in [0.15, 0.2) is 29.6 Å². The molecule has 2 amide bonds. The largest absolute Gasteiger partial charge is 0.491 e. The second-order valence-electron chi connectivity index (χ2n) is 8.24. The number of amides is 2. The number of hydrogen-bond donors (Lipinski definition) is 0. The van der Waals surface area contributed by atoms with E-state index < -0.39 is 0 Å². The maximum Gasteiger partial charge on any atom is 0.242 e. The third-order valence-electron chi connectivity index (χ3n) is 5.66. The molecule has 2 aromatic rings. The van der Waals surface area contributed by atoms with Gasteiger partial charge in [0.05, 0.1) is 12.6 Å². The Morgan fingerprint density at radius 1 is 1.27 bits per heavy atom. The van der Waals surface area contributed by atoms with E-state index in [1.54, 1.807) is 16.2 Å². The minimum Gasteiger partial charge on any atom is -0.491 e. The molecule has 0 spiro atoms. The lowest BCUT2D eigenvalue weighted by Gasteiger charge is -2.37. The van der Waals surface area contributed by atoms with Gasteiger partial charge < -0.3 is 14.5 Å². The molecule has 0 fully saturated rings. The highest BCUT2D eigenvalue weighted by atomic mass is 32.1. The Hall–Kier alpha value is -2.34. The Labute approximate surface area is 183 Å². The molecular weight excluding hydrogens is 396 g/mol. The van der Waals surface area contributed by atoms with Crippen LogP contribution in [0, 0.1) is 19.8 Å². The number of ether oxygens (including phenoxy) is 1. The molecular formula is C24H32N2O3S. The van der Waals surface area contributed by atoms with Crippen molar-refractivity contribution in [2.24, 2.45) is 5.92 Å². The number of aryl methyl sites for hydroxylation is 2. The van der Waals surface area contributed by atoms with Crippen molar-refractivity contribution in [1.82, 2.24) is 9.80 Å². The van der Waals surface area contributed by atoms with Crippen LogP contribution in [0.2, 0.25) is 0 Å². The lowest BCUT2D eigenvalue weighted by atomic mass is 10.00. The van der Waals surface area contributed by atoms with Crippen molar-refractivity contribution in [2.45, 2.75) is 47.1 Å². The Bertz CT molecular complexity index is 906. The van der Waals surface area contributed by atoms with Gasteiger partial charge in [-0.2, -0.15) is 0 Å². The number of thiophene rings is 1. The molecule has 0 bridgehead atoms. The predicted molar refractivity (Wildman–Crippen MR) is 121 cm³/mol. The van der Waals surface area contributed by atoms with E-state index >= 15 is 0 Å². The van der Waals surface area contributed by atoms with Crippen molar-refractivity contribution in [3.05, 3.63) is 51.2 Å². The van der Waals surface area contributed by atoms with Gasteiger partial charge in [0.15, 0.2) is 0 Å². The van der Waals surface area contributed by atoms with Crippen molar-refractivity contribution >= 4 is 23.2 Å². The average Bonchev–Trinajstić information content (AvgIpc) is 3.19. The number of nitrogens with zero attached hydrogens (tertiary/aromatic N) is 2. The second kappa shape index (κ2) is 9.65. The summed E-state index contributed by atoms with van der Waals surface area (Å²) >= 11 is 1.74. The number of benzene rings is 1. The first-order valence-corrected chi connectivity index (χ1v) is 11.5. The average molecular weight is 429 g/mol. The zero-order valence-electron chi connectivity index (χ0n) is 18.6. The monoisotopic (exact) mass is 428 g/mol. The van der Waals surface area contributed by atoms with Crippen molar-refractivity contribution in [2.75, 3.05) is 26.2 Å². The van der Waals surface area contributed by atoms with Crippen molar-refractivity contribution < 1.29 is 14.3 Å². The number of rotatable bonds is 7. The Morgan fingerprint density at radius 2 is 2.03 bits per heavy atom. The van der Waals surface area contributed by atoms with Crippen LogP contribution in [-0.4, -0.2) is 47.9 Å². The van der Waals surface area contributed by atoms with Gasteiger partial charge in [-0.1, -0.05) is 31.5 Å². The van der Waals surface area contributed by atoms with Gasteiger partial charge in [0.1, 0.15) is 12.4 Å². The predicted octanol–water partition coefficient (Wildman–Crippen LogP) is 4.37. The van der Waals surface area contributed by atoms with E-state index in [9.17, 15) is 9.59 Å². The molecule has 1 aromatic heterocycles. The molecule has 0 saturated carbocycles. The molecule has 6 heteroatoms. The quantitative estimate of drug-likeness (QED) is 0.658. The number of carbonyl (C=O) groups excluding carboxylic acids is 2. The Balaban J connectivity index is 1.78. The highest BCUT2D eigenvalue weighted by Gasteiger charge is 2.33. The van der Waals surface area contributed by atoms with Crippen LogP contribution < -0.4 is 4.74 Å². The van der Waals surface area contributed by atoms with Gasteiger partial charge in [0, 0.05) is 23.9 Å². The lowest BCUT2D eigenvalue weighted by Crippen LogP contribution is -2.48. The first-order valence-electron chi connectivity index (χ1n) is 10.7. The molecule has 5 nitrogen and oxygen atoms in total. The fourth-order valence-electron chi connectivity index (χ4n) is 3.97. The van der Waals surface area contributed by atoms with E-state index in [1.807, 2.05) is 44.7 Å². The Morgan fingerprint density at radius 3 is 2.70 bits per heavy atom. The van der Waals surface area contributed by atoms with E-state index in [4.69, 9.17) is 4.74 Å². The lowest BCUT2D eigenvalue weighted by molar-refractivity contribution is -0.144. The molecule has 1 aromatic carbocycles. The molecule has 0 saturated heterocycles. The van der Waals surface area contributed by atoms with Gasteiger partial charge in [0.25, 0.3) is 0 Å². The van der Waals surface area contributed by atoms with Gasteiger partial charge >= 0.3 is 0 Å². The fraction of sp³-hybridized carbons (Fsp3) is 0.500. The van der Waals surface area contributed by atoms with Crippen LogP contribution in [0.4, 0.5) is 0 Å².